The van der Waals surface area contributed by atoms with E-state index in [9.17, 15) is 4.79 Å². The van der Waals surface area contributed by atoms with Crippen LogP contribution in [0.5, 0.6) is 0 Å². The first kappa shape index (κ1) is 15.5. The number of hydrogen-bond acceptors (Lipinski definition) is 1. The summed E-state index contributed by atoms with van der Waals surface area (Å²) in [7, 11) is 0. The van der Waals surface area contributed by atoms with E-state index in [1.165, 1.54) is 0 Å². The number of carbonyl (C=O) groups is 1. The van der Waals surface area contributed by atoms with Crippen molar-refractivity contribution in [3.05, 3.63) is 107 Å². The Morgan fingerprint density at radius 2 is 1.44 bits per heavy atom. The molecule has 0 N–H and O–H groups in total. The average Bonchev–Trinajstić information content (AvgIpc) is 2.96. The Morgan fingerprint density at radius 3 is 2.16 bits per heavy atom. The van der Waals surface area contributed by atoms with Gasteiger partial charge in [-0.2, -0.15) is 0 Å². The third kappa shape index (κ3) is 2.68. The van der Waals surface area contributed by atoms with E-state index in [1.54, 1.807) is 48.5 Å². The van der Waals surface area contributed by atoms with Crippen molar-refractivity contribution < 1.29 is 9.18 Å². The highest BCUT2D eigenvalue weighted by molar-refractivity contribution is 6.17. The number of nitrogens with zero attached hydrogens (tertiary/aromatic N) is 1. The number of benzene rings is 3. The number of amides is 1. The zero-order valence-electron chi connectivity index (χ0n) is 13.5. The molecule has 0 fully saturated rings. The van der Waals surface area contributed by atoms with Crippen LogP contribution >= 0.6 is 0 Å². The van der Waals surface area contributed by atoms with Gasteiger partial charge < -0.3 is 0 Å². The second kappa shape index (κ2) is 6.10. The molecule has 3 aromatic carbocycles. The van der Waals surface area contributed by atoms with Gasteiger partial charge in [-0.25, -0.2) is 9.38 Å². The van der Waals surface area contributed by atoms with Crippen molar-refractivity contribution >= 4 is 11.6 Å². The highest BCUT2D eigenvalue weighted by Gasteiger charge is 2.45. The van der Waals surface area contributed by atoms with Crippen molar-refractivity contribution in [1.82, 2.24) is 0 Å². The number of alkyl halides is 1. The molecule has 25 heavy (non-hydrogen) atoms. The van der Waals surface area contributed by atoms with E-state index in [4.69, 9.17) is 0 Å². The molecule has 1 amide bonds. The van der Waals surface area contributed by atoms with Gasteiger partial charge in [-0.3, -0.25) is 4.79 Å². The van der Waals surface area contributed by atoms with Gasteiger partial charge in [-0.1, -0.05) is 72.8 Å². The van der Waals surface area contributed by atoms with E-state index < -0.39 is 11.6 Å². The Hall–Kier alpha value is -3.07. The first-order valence-corrected chi connectivity index (χ1v) is 8.20. The maximum atomic E-state index is 16.1. The van der Waals surface area contributed by atoms with E-state index >= 15 is 4.39 Å². The van der Waals surface area contributed by atoms with Crippen LogP contribution in [-0.2, 0) is 12.1 Å². The van der Waals surface area contributed by atoms with E-state index in [2.05, 4.69) is 4.99 Å². The third-order valence-corrected chi connectivity index (χ3v) is 4.55. The molecular weight excluding hydrogens is 313 g/mol. The van der Waals surface area contributed by atoms with Crippen molar-refractivity contribution in [3.63, 3.8) is 0 Å². The monoisotopic (exact) mass is 329 g/mol. The lowest BCUT2D eigenvalue weighted by Gasteiger charge is -2.21. The van der Waals surface area contributed by atoms with Gasteiger partial charge in [0.15, 0.2) is 5.67 Å². The quantitative estimate of drug-likeness (QED) is 0.668. The summed E-state index contributed by atoms with van der Waals surface area (Å²) in [4.78, 5) is 16.8. The standard InChI is InChI=1S/C22H16FNO/c23-22(18-12-5-2-6-13-18)15-17-11-7-8-14-19(17)20(22)24-21(25)16-9-3-1-4-10-16/h1-14H,15H2. The van der Waals surface area contributed by atoms with E-state index in [1.807, 2.05) is 36.4 Å². The lowest BCUT2D eigenvalue weighted by Crippen LogP contribution is -2.29. The molecule has 2 nitrogen and oxygen atoms in total. The molecule has 4 rings (SSSR count). The summed E-state index contributed by atoms with van der Waals surface area (Å²) in [5.41, 5.74) is 0.949. The summed E-state index contributed by atoms with van der Waals surface area (Å²) in [6, 6.07) is 25.1. The molecule has 0 bridgehead atoms. The zero-order valence-corrected chi connectivity index (χ0v) is 13.5. The number of fused-ring (bicyclic) bond motifs is 1. The molecule has 0 heterocycles. The maximum Gasteiger partial charge on any atom is 0.277 e. The fourth-order valence-corrected chi connectivity index (χ4v) is 3.30. The van der Waals surface area contributed by atoms with Gasteiger partial charge in [-0.15, -0.1) is 0 Å². The summed E-state index contributed by atoms with van der Waals surface area (Å²) < 4.78 is 16.1. The van der Waals surface area contributed by atoms with Crippen LogP contribution in [0, 0.1) is 0 Å². The molecule has 122 valence electrons. The first-order valence-electron chi connectivity index (χ1n) is 8.20. The molecule has 1 unspecified atom stereocenters. The van der Waals surface area contributed by atoms with Crippen LogP contribution in [0.1, 0.15) is 27.0 Å². The summed E-state index contributed by atoms with van der Waals surface area (Å²) >= 11 is 0. The van der Waals surface area contributed by atoms with Gasteiger partial charge in [-0.05, 0) is 23.3 Å². The molecule has 0 radical (unpaired) electrons. The molecule has 0 aromatic heterocycles. The molecule has 0 saturated heterocycles. The zero-order chi connectivity index (χ0) is 17.3. The minimum Gasteiger partial charge on any atom is -0.267 e. The van der Waals surface area contributed by atoms with Gasteiger partial charge in [0.2, 0.25) is 0 Å². The second-order valence-corrected chi connectivity index (χ2v) is 6.13. The van der Waals surface area contributed by atoms with Crippen molar-refractivity contribution in [2.45, 2.75) is 12.1 Å². The highest BCUT2D eigenvalue weighted by atomic mass is 19.1. The van der Waals surface area contributed by atoms with Crippen molar-refractivity contribution in [1.29, 1.82) is 0 Å². The molecule has 0 spiro atoms. The lowest BCUT2D eigenvalue weighted by molar-refractivity contribution is 0.100. The summed E-state index contributed by atoms with van der Waals surface area (Å²) in [6.07, 6.45) is 0.189. The minimum atomic E-state index is -1.80. The summed E-state index contributed by atoms with van der Waals surface area (Å²) in [5, 5.41) is 0. The number of rotatable bonds is 2. The molecule has 0 saturated carbocycles. The SMILES string of the molecule is O=C(N=C1c2ccccc2CC1(F)c1ccccc1)c1ccccc1. The van der Waals surface area contributed by atoms with Crippen molar-refractivity contribution in [2.24, 2.45) is 4.99 Å². The van der Waals surface area contributed by atoms with Crippen LogP contribution in [0.3, 0.4) is 0 Å². The topological polar surface area (TPSA) is 29.4 Å². The largest absolute Gasteiger partial charge is 0.277 e. The smallest absolute Gasteiger partial charge is 0.267 e. The fraction of sp³-hybridized carbons (Fsp3) is 0.0909. The van der Waals surface area contributed by atoms with Gasteiger partial charge in [0.25, 0.3) is 5.91 Å². The van der Waals surface area contributed by atoms with Gasteiger partial charge >= 0.3 is 0 Å². The third-order valence-electron chi connectivity index (χ3n) is 4.55. The van der Waals surface area contributed by atoms with Gasteiger partial charge in [0.1, 0.15) is 0 Å². The molecule has 1 aliphatic carbocycles. The Kier molecular flexibility index (Phi) is 3.77. The summed E-state index contributed by atoms with van der Waals surface area (Å²) in [6.45, 7) is 0. The van der Waals surface area contributed by atoms with Crippen LogP contribution in [0.4, 0.5) is 4.39 Å². The van der Waals surface area contributed by atoms with Crippen molar-refractivity contribution in [3.8, 4) is 0 Å². The lowest BCUT2D eigenvalue weighted by atomic mass is 9.91. The van der Waals surface area contributed by atoms with E-state index in [-0.39, 0.29) is 12.1 Å². The van der Waals surface area contributed by atoms with Gasteiger partial charge in [0, 0.05) is 17.5 Å². The highest BCUT2D eigenvalue weighted by Crippen LogP contribution is 2.41. The fourth-order valence-electron chi connectivity index (χ4n) is 3.30. The van der Waals surface area contributed by atoms with Crippen LogP contribution < -0.4 is 0 Å². The van der Waals surface area contributed by atoms with Gasteiger partial charge in [0.05, 0.1) is 5.71 Å². The maximum absolute atomic E-state index is 16.1. The number of aliphatic imine (C=N–C) groups is 1. The number of halogens is 1. The molecule has 0 aliphatic heterocycles. The first-order chi connectivity index (χ1) is 12.2. The van der Waals surface area contributed by atoms with Crippen LogP contribution in [-0.4, -0.2) is 11.6 Å². The Labute approximate surface area is 145 Å². The number of hydrogen-bond donors (Lipinski definition) is 0. The molecule has 1 atom stereocenters. The molecule has 3 heteroatoms. The second-order valence-electron chi connectivity index (χ2n) is 6.13. The normalized spacial score (nSPS) is 20.4. The van der Waals surface area contributed by atoms with Crippen LogP contribution in [0.2, 0.25) is 0 Å². The minimum absolute atomic E-state index is 0.189. The van der Waals surface area contributed by atoms with E-state index in [0.717, 1.165) is 5.56 Å². The van der Waals surface area contributed by atoms with Crippen LogP contribution in [0.15, 0.2) is 89.9 Å². The predicted octanol–water partition coefficient (Wildman–Crippen LogP) is 4.74. The predicted molar refractivity (Wildman–Crippen MR) is 96.7 cm³/mol. The van der Waals surface area contributed by atoms with E-state index in [0.29, 0.717) is 16.7 Å². The van der Waals surface area contributed by atoms with Crippen molar-refractivity contribution in [2.75, 3.05) is 0 Å². The number of carbonyl (C=O) groups excluding carboxylic acids is 1. The molecular formula is C22H16FNO. The summed E-state index contributed by atoms with van der Waals surface area (Å²) in [5.74, 6) is -0.426. The molecule has 1 aliphatic rings. The Morgan fingerprint density at radius 1 is 0.840 bits per heavy atom. The van der Waals surface area contributed by atoms with Crippen LogP contribution in [0.25, 0.3) is 0 Å². The average molecular weight is 329 g/mol. The Bertz CT molecular complexity index is 950. The Balaban J connectivity index is 1.86. The molecule has 3 aromatic rings.